The van der Waals surface area contributed by atoms with Gasteiger partial charge in [-0.1, -0.05) is 6.07 Å². The molecule has 1 N–H and O–H groups in total. The van der Waals surface area contributed by atoms with Crippen molar-refractivity contribution < 1.29 is 27.9 Å². The first-order chi connectivity index (χ1) is 10.8. The molecule has 1 aromatic rings. The van der Waals surface area contributed by atoms with Crippen molar-refractivity contribution in [2.24, 2.45) is 0 Å². The van der Waals surface area contributed by atoms with Crippen LogP contribution in [0.4, 0.5) is 0 Å². The number of amides is 1. The molecule has 0 saturated carbocycles. The number of sulfonamides is 1. The van der Waals surface area contributed by atoms with Crippen molar-refractivity contribution in [1.82, 2.24) is 9.21 Å². The number of hydrogen-bond acceptors (Lipinski definition) is 5. The summed E-state index contributed by atoms with van der Waals surface area (Å²) in [6.45, 7) is 0.669. The molecule has 126 valence electrons. The van der Waals surface area contributed by atoms with E-state index in [4.69, 9.17) is 9.84 Å². The molecule has 1 fully saturated rings. The molecular formula is C14H18N2O6S. The largest absolute Gasteiger partial charge is 0.482 e. The normalized spacial score (nSPS) is 16.1. The van der Waals surface area contributed by atoms with Crippen molar-refractivity contribution in [2.45, 2.75) is 0 Å². The summed E-state index contributed by atoms with van der Waals surface area (Å²) in [6.07, 6.45) is 1.15. The molecule has 0 radical (unpaired) electrons. The van der Waals surface area contributed by atoms with E-state index >= 15 is 0 Å². The van der Waals surface area contributed by atoms with E-state index in [2.05, 4.69) is 0 Å². The SMILES string of the molecule is CS(=O)(=O)N1CCN(C(=O)c2cccc(OCC(=O)O)c2)CC1. The highest BCUT2D eigenvalue weighted by Crippen LogP contribution is 2.16. The summed E-state index contributed by atoms with van der Waals surface area (Å²) < 4.78 is 29.3. The molecular weight excluding hydrogens is 324 g/mol. The molecule has 9 heteroatoms. The first-order valence-electron chi connectivity index (χ1n) is 6.96. The Morgan fingerprint density at radius 3 is 2.43 bits per heavy atom. The minimum absolute atomic E-state index is 0.237. The molecule has 1 aliphatic heterocycles. The minimum atomic E-state index is -3.24. The predicted molar refractivity (Wildman–Crippen MR) is 81.9 cm³/mol. The summed E-state index contributed by atoms with van der Waals surface area (Å²) in [7, 11) is -3.24. The average Bonchev–Trinajstić information content (AvgIpc) is 2.52. The van der Waals surface area contributed by atoms with Crippen LogP contribution in [0.2, 0.25) is 0 Å². The number of carbonyl (C=O) groups is 2. The Bertz CT molecular complexity index is 695. The lowest BCUT2D eigenvalue weighted by atomic mass is 10.1. The van der Waals surface area contributed by atoms with Gasteiger partial charge in [0.15, 0.2) is 6.61 Å². The Labute approximate surface area is 134 Å². The minimum Gasteiger partial charge on any atom is -0.482 e. The average molecular weight is 342 g/mol. The second kappa shape index (κ2) is 6.97. The van der Waals surface area contributed by atoms with Crippen LogP contribution >= 0.6 is 0 Å². The van der Waals surface area contributed by atoms with Gasteiger partial charge >= 0.3 is 5.97 Å². The van der Waals surface area contributed by atoms with Gasteiger partial charge < -0.3 is 14.7 Å². The molecule has 0 aromatic heterocycles. The van der Waals surface area contributed by atoms with Crippen LogP contribution in [0.1, 0.15) is 10.4 Å². The van der Waals surface area contributed by atoms with E-state index in [9.17, 15) is 18.0 Å². The van der Waals surface area contributed by atoms with Gasteiger partial charge in [-0.15, -0.1) is 0 Å². The molecule has 23 heavy (non-hydrogen) atoms. The Morgan fingerprint density at radius 1 is 1.22 bits per heavy atom. The van der Waals surface area contributed by atoms with E-state index in [0.717, 1.165) is 6.26 Å². The van der Waals surface area contributed by atoms with Crippen molar-refractivity contribution in [3.05, 3.63) is 29.8 Å². The second-order valence-corrected chi connectivity index (χ2v) is 7.15. The monoisotopic (exact) mass is 342 g/mol. The predicted octanol–water partition coefficient (Wildman–Crippen LogP) is -0.133. The van der Waals surface area contributed by atoms with Gasteiger partial charge in [0.1, 0.15) is 5.75 Å². The molecule has 0 bridgehead atoms. The lowest BCUT2D eigenvalue weighted by molar-refractivity contribution is -0.139. The fourth-order valence-corrected chi connectivity index (χ4v) is 3.10. The van der Waals surface area contributed by atoms with Crippen molar-refractivity contribution >= 4 is 21.9 Å². The number of ether oxygens (including phenoxy) is 1. The molecule has 2 rings (SSSR count). The smallest absolute Gasteiger partial charge is 0.341 e. The maximum Gasteiger partial charge on any atom is 0.341 e. The standard InChI is InChI=1S/C14H18N2O6S/c1-23(20,21)16-7-5-15(6-8-16)14(19)11-3-2-4-12(9-11)22-10-13(17)18/h2-4,9H,5-8,10H2,1H3,(H,17,18). The molecule has 1 saturated heterocycles. The van der Waals surface area contributed by atoms with Gasteiger partial charge in [-0.05, 0) is 18.2 Å². The number of rotatable bonds is 5. The molecule has 0 atom stereocenters. The summed E-state index contributed by atoms with van der Waals surface area (Å²) in [5, 5.41) is 8.59. The van der Waals surface area contributed by atoms with E-state index in [-0.39, 0.29) is 19.0 Å². The van der Waals surface area contributed by atoms with E-state index in [1.807, 2.05) is 0 Å². The molecule has 1 amide bonds. The highest BCUT2D eigenvalue weighted by molar-refractivity contribution is 7.88. The number of carboxylic acid groups (broad SMARTS) is 1. The third kappa shape index (κ3) is 4.67. The summed E-state index contributed by atoms with van der Waals surface area (Å²) in [4.78, 5) is 24.5. The number of carboxylic acids is 1. The fourth-order valence-electron chi connectivity index (χ4n) is 2.27. The number of hydrogen-bond donors (Lipinski definition) is 1. The van der Waals surface area contributed by atoms with Gasteiger partial charge in [0.25, 0.3) is 5.91 Å². The number of benzene rings is 1. The molecule has 8 nitrogen and oxygen atoms in total. The van der Waals surface area contributed by atoms with Gasteiger partial charge in [0.05, 0.1) is 6.26 Å². The van der Waals surface area contributed by atoms with Crippen molar-refractivity contribution in [3.8, 4) is 5.75 Å². The van der Waals surface area contributed by atoms with Gasteiger partial charge in [0.2, 0.25) is 10.0 Å². The zero-order valence-electron chi connectivity index (χ0n) is 12.6. The van der Waals surface area contributed by atoms with E-state index in [1.165, 1.54) is 10.4 Å². The van der Waals surface area contributed by atoms with Gasteiger partial charge in [-0.2, -0.15) is 4.31 Å². The van der Waals surface area contributed by atoms with Crippen LogP contribution in [0, 0.1) is 0 Å². The molecule has 0 spiro atoms. The maximum absolute atomic E-state index is 12.4. The van der Waals surface area contributed by atoms with Crippen LogP contribution in [-0.2, 0) is 14.8 Å². The Morgan fingerprint density at radius 2 is 1.87 bits per heavy atom. The van der Waals surface area contributed by atoms with Crippen LogP contribution < -0.4 is 4.74 Å². The number of piperazine rings is 1. The van der Waals surface area contributed by atoms with Gasteiger partial charge in [-0.3, -0.25) is 4.79 Å². The summed E-state index contributed by atoms with van der Waals surface area (Å²) >= 11 is 0. The zero-order valence-corrected chi connectivity index (χ0v) is 13.5. The lowest BCUT2D eigenvalue weighted by Crippen LogP contribution is -2.50. The third-order valence-electron chi connectivity index (χ3n) is 3.44. The van der Waals surface area contributed by atoms with E-state index in [0.29, 0.717) is 24.4 Å². The van der Waals surface area contributed by atoms with Crippen molar-refractivity contribution in [1.29, 1.82) is 0 Å². The first-order valence-corrected chi connectivity index (χ1v) is 8.81. The van der Waals surface area contributed by atoms with Crippen molar-refractivity contribution in [2.75, 3.05) is 39.0 Å². The lowest BCUT2D eigenvalue weighted by Gasteiger charge is -2.33. The van der Waals surface area contributed by atoms with Crippen LogP contribution in [-0.4, -0.2) is 73.6 Å². The summed E-state index contributed by atoms with van der Waals surface area (Å²) in [6, 6.07) is 6.27. The molecule has 0 unspecified atom stereocenters. The molecule has 1 aliphatic rings. The highest BCUT2D eigenvalue weighted by atomic mass is 32.2. The third-order valence-corrected chi connectivity index (χ3v) is 4.74. The second-order valence-electron chi connectivity index (χ2n) is 5.16. The molecule has 1 heterocycles. The number of aliphatic carboxylic acids is 1. The zero-order chi connectivity index (χ0) is 17.0. The summed E-state index contributed by atoms with van der Waals surface area (Å²) in [5.74, 6) is -1.04. The maximum atomic E-state index is 12.4. The van der Waals surface area contributed by atoms with Gasteiger partial charge in [0, 0.05) is 31.7 Å². The van der Waals surface area contributed by atoms with E-state index in [1.54, 1.807) is 23.1 Å². The van der Waals surface area contributed by atoms with E-state index < -0.39 is 22.6 Å². The van der Waals surface area contributed by atoms with Crippen LogP contribution in [0.3, 0.4) is 0 Å². The first kappa shape index (κ1) is 17.2. The number of nitrogens with zero attached hydrogens (tertiary/aromatic N) is 2. The molecule has 0 aliphatic carbocycles. The molecule has 1 aromatic carbocycles. The van der Waals surface area contributed by atoms with Crippen LogP contribution in [0.25, 0.3) is 0 Å². The number of carbonyl (C=O) groups excluding carboxylic acids is 1. The Kier molecular flexibility index (Phi) is 5.22. The Balaban J connectivity index is 2.01. The fraction of sp³-hybridized carbons (Fsp3) is 0.429. The highest BCUT2D eigenvalue weighted by Gasteiger charge is 2.26. The quantitative estimate of drug-likeness (QED) is 0.799. The van der Waals surface area contributed by atoms with Crippen LogP contribution in [0.5, 0.6) is 5.75 Å². The Hall–Kier alpha value is -2.13. The van der Waals surface area contributed by atoms with Crippen LogP contribution in [0.15, 0.2) is 24.3 Å². The summed E-state index contributed by atoms with van der Waals surface area (Å²) in [5.41, 5.74) is 0.376. The topological polar surface area (TPSA) is 104 Å². The van der Waals surface area contributed by atoms with Crippen molar-refractivity contribution in [3.63, 3.8) is 0 Å². The van der Waals surface area contributed by atoms with Gasteiger partial charge in [-0.25, -0.2) is 13.2 Å².